The number of ether oxygens (including phenoxy) is 2. The Kier molecular flexibility index (Phi) is 4.37. The normalized spacial score (nSPS) is 8.60. The average molecular weight is 144 g/mol. The zero-order valence-electron chi connectivity index (χ0n) is 6.35. The molecule has 0 amide bonds. The lowest BCUT2D eigenvalue weighted by atomic mass is 10.5. The Labute approximate surface area is 60.6 Å². The molecule has 58 valence electrons. The summed E-state index contributed by atoms with van der Waals surface area (Å²) in [7, 11) is 1.35. The van der Waals surface area contributed by atoms with Crippen molar-refractivity contribution in [3.8, 4) is 0 Å². The van der Waals surface area contributed by atoms with Gasteiger partial charge in [-0.3, -0.25) is 4.79 Å². The van der Waals surface area contributed by atoms with Gasteiger partial charge in [0.15, 0.2) is 0 Å². The Morgan fingerprint density at radius 2 is 2.20 bits per heavy atom. The van der Waals surface area contributed by atoms with Gasteiger partial charge in [-0.1, -0.05) is 6.58 Å². The first-order valence-electron chi connectivity index (χ1n) is 3.02. The summed E-state index contributed by atoms with van der Waals surface area (Å²) in [5.41, 5.74) is 0. The third-order valence-corrected chi connectivity index (χ3v) is 0.882. The van der Waals surface area contributed by atoms with Crippen molar-refractivity contribution in [3.05, 3.63) is 12.3 Å². The minimum atomic E-state index is -0.263. The maximum absolute atomic E-state index is 10.5. The zero-order chi connectivity index (χ0) is 7.98. The molecule has 0 atom stereocenters. The fraction of sp³-hybridized carbons (Fsp3) is 0.571. The summed E-state index contributed by atoms with van der Waals surface area (Å²) < 4.78 is 9.30. The van der Waals surface area contributed by atoms with Crippen LogP contribution in [0.1, 0.15) is 13.3 Å². The first-order chi connectivity index (χ1) is 4.66. The van der Waals surface area contributed by atoms with Crippen molar-refractivity contribution in [2.45, 2.75) is 13.3 Å². The van der Waals surface area contributed by atoms with Crippen LogP contribution in [-0.4, -0.2) is 19.7 Å². The van der Waals surface area contributed by atoms with Crippen molar-refractivity contribution in [1.29, 1.82) is 0 Å². The van der Waals surface area contributed by atoms with Crippen molar-refractivity contribution in [3.63, 3.8) is 0 Å². The number of rotatable bonds is 4. The van der Waals surface area contributed by atoms with E-state index in [1.807, 2.05) is 0 Å². The van der Waals surface area contributed by atoms with Gasteiger partial charge in [-0.2, -0.15) is 0 Å². The van der Waals surface area contributed by atoms with Gasteiger partial charge in [-0.05, 0) is 6.92 Å². The van der Waals surface area contributed by atoms with E-state index in [4.69, 9.17) is 4.74 Å². The highest BCUT2D eigenvalue weighted by atomic mass is 16.5. The van der Waals surface area contributed by atoms with E-state index in [9.17, 15) is 4.79 Å². The third kappa shape index (κ3) is 5.15. The van der Waals surface area contributed by atoms with E-state index in [1.54, 1.807) is 6.92 Å². The minimum Gasteiger partial charge on any atom is -0.498 e. The monoisotopic (exact) mass is 144 g/mol. The van der Waals surface area contributed by atoms with E-state index < -0.39 is 0 Å². The summed E-state index contributed by atoms with van der Waals surface area (Å²) >= 11 is 0. The Balaban J connectivity index is 3.20. The summed E-state index contributed by atoms with van der Waals surface area (Å²) in [6.45, 7) is 5.59. The van der Waals surface area contributed by atoms with E-state index in [2.05, 4.69) is 11.3 Å². The molecule has 0 saturated heterocycles. The average Bonchev–Trinajstić information content (AvgIpc) is 1.87. The predicted octanol–water partition coefficient (Wildman–Crippen LogP) is 1.10. The summed E-state index contributed by atoms with van der Waals surface area (Å²) in [5, 5.41) is 0. The molecule has 3 nitrogen and oxygen atoms in total. The van der Waals surface area contributed by atoms with Crippen LogP contribution in [0.25, 0.3) is 0 Å². The van der Waals surface area contributed by atoms with Crippen LogP contribution < -0.4 is 0 Å². The second-order valence-electron chi connectivity index (χ2n) is 1.88. The standard InChI is InChI=1S/C7H12O3/c1-6(2)10-5-4-7(8)9-3/h1,4-5H2,2-3H3. The molecule has 0 aliphatic carbocycles. The molecule has 0 radical (unpaired) electrons. The van der Waals surface area contributed by atoms with Gasteiger partial charge in [-0.25, -0.2) is 0 Å². The molecule has 0 aromatic carbocycles. The molecular formula is C7H12O3. The Hall–Kier alpha value is -0.990. The summed E-state index contributed by atoms with van der Waals surface area (Å²) in [6, 6.07) is 0. The van der Waals surface area contributed by atoms with Gasteiger partial charge in [0.2, 0.25) is 0 Å². The highest BCUT2D eigenvalue weighted by Gasteiger charge is 1.98. The summed E-state index contributed by atoms with van der Waals surface area (Å²) in [4.78, 5) is 10.5. The predicted molar refractivity (Wildman–Crippen MR) is 37.4 cm³/mol. The van der Waals surface area contributed by atoms with Gasteiger partial charge in [0.25, 0.3) is 0 Å². The number of hydrogen-bond acceptors (Lipinski definition) is 3. The molecule has 3 heteroatoms. The number of allylic oxidation sites excluding steroid dienone is 1. The maximum atomic E-state index is 10.5. The zero-order valence-corrected chi connectivity index (χ0v) is 6.35. The quantitative estimate of drug-likeness (QED) is 0.438. The van der Waals surface area contributed by atoms with Gasteiger partial charge in [-0.15, -0.1) is 0 Å². The van der Waals surface area contributed by atoms with Gasteiger partial charge < -0.3 is 9.47 Å². The van der Waals surface area contributed by atoms with Crippen LogP contribution in [0.4, 0.5) is 0 Å². The number of esters is 1. The lowest BCUT2D eigenvalue weighted by Gasteiger charge is -2.02. The second-order valence-corrected chi connectivity index (χ2v) is 1.88. The molecule has 0 bridgehead atoms. The number of hydrogen-bond donors (Lipinski definition) is 0. The molecule has 0 unspecified atom stereocenters. The van der Waals surface area contributed by atoms with E-state index in [-0.39, 0.29) is 12.4 Å². The highest BCUT2D eigenvalue weighted by Crippen LogP contribution is 1.92. The lowest BCUT2D eigenvalue weighted by molar-refractivity contribution is -0.141. The third-order valence-electron chi connectivity index (χ3n) is 0.882. The van der Waals surface area contributed by atoms with E-state index >= 15 is 0 Å². The summed E-state index contributed by atoms with van der Waals surface area (Å²) in [6.07, 6.45) is 0.281. The number of methoxy groups -OCH3 is 1. The smallest absolute Gasteiger partial charge is 0.308 e. The van der Waals surface area contributed by atoms with Crippen molar-refractivity contribution < 1.29 is 14.3 Å². The molecule has 0 saturated carbocycles. The Bertz CT molecular complexity index is 129. The van der Waals surface area contributed by atoms with Crippen molar-refractivity contribution >= 4 is 5.97 Å². The lowest BCUT2D eigenvalue weighted by Crippen LogP contribution is -2.04. The largest absolute Gasteiger partial charge is 0.498 e. The molecule has 0 N–H and O–H groups in total. The van der Waals surface area contributed by atoms with Crippen LogP contribution in [0.5, 0.6) is 0 Å². The fourth-order valence-electron chi connectivity index (χ4n) is 0.411. The molecule has 0 fully saturated rings. The Morgan fingerprint density at radius 3 is 2.60 bits per heavy atom. The van der Waals surface area contributed by atoms with Crippen LogP contribution in [0.2, 0.25) is 0 Å². The molecule has 0 aliphatic rings. The first-order valence-corrected chi connectivity index (χ1v) is 3.02. The van der Waals surface area contributed by atoms with Crippen LogP contribution >= 0.6 is 0 Å². The molecule has 0 spiro atoms. The molecule has 0 rings (SSSR count). The van der Waals surface area contributed by atoms with E-state index in [1.165, 1.54) is 7.11 Å². The van der Waals surface area contributed by atoms with Crippen molar-refractivity contribution in [2.24, 2.45) is 0 Å². The van der Waals surface area contributed by atoms with E-state index in [0.29, 0.717) is 12.4 Å². The summed E-state index contributed by atoms with van der Waals surface area (Å²) in [5.74, 6) is 0.352. The van der Waals surface area contributed by atoms with Crippen LogP contribution in [-0.2, 0) is 14.3 Å². The molecule has 0 aromatic heterocycles. The number of carbonyl (C=O) groups excluding carboxylic acids is 1. The minimum absolute atomic E-state index is 0.263. The Morgan fingerprint density at radius 1 is 1.60 bits per heavy atom. The van der Waals surface area contributed by atoms with Crippen molar-refractivity contribution in [1.82, 2.24) is 0 Å². The van der Waals surface area contributed by atoms with Gasteiger partial charge in [0.05, 0.1) is 25.9 Å². The molecule has 0 aliphatic heterocycles. The van der Waals surface area contributed by atoms with Gasteiger partial charge in [0.1, 0.15) is 0 Å². The highest BCUT2D eigenvalue weighted by molar-refractivity contribution is 5.69. The second kappa shape index (κ2) is 4.85. The molecule has 0 aromatic rings. The molecule has 0 heterocycles. The van der Waals surface area contributed by atoms with Crippen molar-refractivity contribution in [2.75, 3.05) is 13.7 Å². The SMILES string of the molecule is C=C(C)OCCC(=O)OC. The molecular weight excluding hydrogens is 132 g/mol. The fourth-order valence-corrected chi connectivity index (χ4v) is 0.411. The molecule has 10 heavy (non-hydrogen) atoms. The van der Waals surface area contributed by atoms with Crippen LogP contribution in [0.3, 0.4) is 0 Å². The van der Waals surface area contributed by atoms with Gasteiger partial charge in [0, 0.05) is 0 Å². The topological polar surface area (TPSA) is 35.5 Å². The first kappa shape index (κ1) is 9.01. The number of carbonyl (C=O) groups is 1. The maximum Gasteiger partial charge on any atom is 0.308 e. The van der Waals surface area contributed by atoms with E-state index in [0.717, 1.165) is 0 Å². The van der Waals surface area contributed by atoms with Gasteiger partial charge >= 0.3 is 5.97 Å². The van der Waals surface area contributed by atoms with Crippen LogP contribution in [0, 0.1) is 0 Å². The van der Waals surface area contributed by atoms with Crippen LogP contribution in [0.15, 0.2) is 12.3 Å².